The predicted molar refractivity (Wildman–Crippen MR) is 81.3 cm³/mol. The largest absolute Gasteiger partial charge is 0.406 e. The van der Waals surface area contributed by atoms with Crippen LogP contribution in [0.1, 0.15) is 38.6 Å². The van der Waals surface area contributed by atoms with Crippen molar-refractivity contribution in [3.8, 4) is 0 Å². The fraction of sp³-hybridized carbons (Fsp3) is 0.857. The van der Waals surface area contributed by atoms with Crippen molar-refractivity contribution in [3.05, 3.63) is 5.89 Å². The van der Waals surface area contributed by atoms with E-state index in [1.807, 2.05) is 25.9 Å². The number of nitrogens with one attached hydrogen (secondary N) is 1. The average molecular weight is 297 g/mol. The van der Waals surface area contributed by atoms with Crippen molar-refractivity contribution in [3.63, 3.8) is 0 Å². The van der Waals surface area contributed by atoms with Crippen molar-refractivity contribution in [1.82, 2.24) is 20.4 Å². The summed E-state index contributed by atoms with van der Waals surface area (Å²) in [5.74, 6) is 0.600. The van der Waals surface area contributed by atoms with Gasteiger partial charge >= 0.3 is 6.01 Å². The fourth-order valence-corrected chi connectivity index (χ4v) is 2.69. The van der Waals surface area contributed by atoms with Gasteiger partial charge in [0, 0.05) is 19.1 Å². The van der Waals surface area contributed by atoms with Crippen molar-refractivity contribution in [2.75, 3.05) is 38.6 Å². The molecule has 1 aliphatic rings. The number of rotatable bonds is 7. The predicted octanol–water partition coefficient (Wildman–Crippen LogP) is 0.631. The number of anilines is 1. The van der Waals surface area contributed by atoms with Gasteiger partial charge in [0.15, 0.2) is 0 Å². The Morgan fingerprint density at radius 3 is 2.90 bits per heavy atom. The summed E-state index contributed by atoms with van der Waals surface area (Å²) < 4.78 is 5.80. The zero-order valence-electron chi connectivity index (χ0n) is 13.4. The minimum Gasteiger partial charge on any atom is -0.406 e. The Bertz CT molecular complexity index is 437. The molecule has 3 atom stereocenters. The average Bonchev–Trinajstić information content (AvgIpc) is 3.02. The molecule has 1 fully saturated rings. The Kier molecular flexibility index (Phi) is 5.55. The van der Waals surface area contributed by atoms with Gasteiger partial charge in [-0.25, -0.2) is 0 Å². The van der Waals surface area contributed by atoms with E-state index in [-0.39, 0.29) is 18.2 Å². The van der Waals surface area contributed by atoms with Crippen LogP contribution in [0.5, 0.6) is 0 Å². The third-order valence-electron chi connectivity index (χ3n) is 3.71. The van der Waals surface area contributed by atoms with E-state index < -0.39 is 0 Å². The highest BCUT2D eigenvalue weighted by molar-refractivity contribution is 5.30. The summed E-state index contributed by atoms with van der Waals surface area (Å²) in [5.41, 5.74) is 0. The summed E-state index contributed by atoms with van der Waals surface area (Å²) in [7, 11) is 4.05. The summed E-state index contributed by atoms with van der Waals surface area (Å²) in [4.78, 5) is 4.13. The van der Waals surface area contributed by atoms with Crippen LogP contribution in [0.15, 0.2) is 4.42 Å². The van der Waals surface area contributed by atoms with E-state index in [0.717, 1.165) is 25.9 Å². The first-order valence-electron chi connectivity index (χ1n) is 7.67. The van der Waals surface area contributed by atoms with Crippen LogP contribution in [0, 0.1) is 0 Å². The second-order valence-electron chi connectivity index (χ2n) is 6.06. The lowest BCUT2D eigenvalue weighted by atomic mass is 10.2. The molecule has 2 heterocycles. The maximum Gasteiger partial charge on any atom is 0.318 e. The molecule has 0 aliphatic carbocycles. The highest BCUT2D eigenvalue weighted by Gasteiger charge is 2.34. The molecule has 120 valence electrons. The van der Waals surface area contributed by atoms with E-state index >= 15 is 0 Å². The summed E-state index contributed by atoms with van der Waals surface area (Å²) in [6, 6.07) is 0.770. The van der Waals surface area contributed by atoms with Gasteiger partial charge < -0.3 is 24.6 Å². The van der Waals surface area contributed by atoms with Crippen LogP contribution in [0.2, 0.25) is 0 Å². The highest BCUT2D eigenvalue weighted by Crippen LogP contribution is 2.26. The molecular formula is C14H27N5O2. The number of hydrogen-bond donors (Lipinski definition) is 2. The van der Waals surface area contributed by atoms with E-state index in [1.165, 1.54) is 0 Å². The molecular weight excluding hydrogens is 270 g/mol. The Balaban J connectivity index is 2.05. The van der Waals surface area contributed by atoms with Crippen LogP contribution in [-0.4, -0.2) is 66.1 Å². The van der Waals surface area contributed by atoms with Gasteiger partial charge in [-0.3, -0.25) is 0 Å². The minimum absolute atomic E-state index is 0.0472. The third-order valence-corrected chi connectivity index (χ3v) is 3.71. The number of likely N-dealkylation sites (N-methyl/N-ethyl adjacent to an activating group) is 1. The van der Waals surface area contributed by atoms with Crippen molar-refractivity contribution < 1.29 is 9.52 Å². The van der Waals surface area contributed by atoms with E-state index in [4.69, 9.17) is 4.42 Å². The molecule has 1 saturated heterocycles. The van der Waals surface area contributed by atoms with Crippen LogP contribution < -0.4 is 10.2 Å². The van der Waals surface area contributed by atoms with E-state index in [1.54, 1.807) is 0 Å². The summed E-state index contributed by atoms with van der Waals surface area (Å²) in [6.45, 7) is 6.47. The number of aliphatic hydroxyl groups is 1. The molecule has 1 aromatic heterocycles. The zero-order chi connectivity index (χ0) is 15.4. The lowest BCUT2D eigenvalue weighted by Gasteiger charge is -2.24. The lowest BCUT2D eigenvalue weighted by Crippen LogP contribution is -2.37. The number of hydrogen-bond acceptors (Lipinski definition) is 7. The summed E-state index contributed by atoms with van der Waals surface area (Å²) in [6.07, 6.45) is 1.47. The Morgan fingerprint density at radius 2 is 2.24 bits per heavy atom. The molecule has 2 N–H and O–H groups in total. The zero-order valence-corrected chi connectivity index (χ0v) is 13.4. The van der Waals surface area contributed by atoms with Crippen molar-refractivity contribution in [1.29, 1.82) is 0 Å². The fourth-order valence-electron chi connectivity index (χ4n) is 2.69. The molecule has 0 aromatic carbocycles. The number of aliphatic hydroxyl groups excluding tert-OH is 1. The normalized spacial score (nSPS) is 24.0. The number of nitrogens with zero attached hydrogens (tertiary/aromatic N) is 4. The first kappa shape index (κ1) is 16.2. The van der Waals surface area contributed by atoms with Crippen molar-refractivity contribution >= 4 is 6.01 Å². The topological polar surface area (TPSA) is 77.7 Å². The second-order valence-corrected chi connectivity index (χ2v) is 6.06. The molecule has 2 rings (SSSR count). The highest BCUT2D eigenvalue weighted by atomic mass is 16.4. The molecule has 3 unspecified atom stereocenters. The molecule has 0 radical (unpaired) electrons. The van der Waals surface area contributed by atoms with Gasteiger partial charge in [0.05, 0.1) is 12.1 Å². The standard InChI is InChI=1S/C14H27N5O2/c1-5-6-15-10(2)13-16-17-14(21-13)19-9-12(20)7-11(19)8-18(3)4/h10-12,15,20H,5-9H2,1-4H3. The maximum atomic E-state index is 9.91. The molecule has 7 heteroatoms. The Hall–Kier alpha value is -1.18. The molecule has 0 saturated carbocycles. The van der Waals surface area contributed by atoms with Gasteiger partial charge in [-0.15, -0.1) is 5.10 Å². The van der Waals surface area contributed by atoms with Crippen LogP contribution >= 0.6 is 0 Å². The number of β-amino-alcohol motifs (C(OH)–C–C–N with tert-alkyl or cyclic N) is 1. The monoisotopic (exact) mass is 297 g/mol. The quantitative estimate of drug-likeness (QED) is 0.764. The second kappa shape index (κ2) is 7.20. The molecule has 1 aromatic rings. The Morgan fingerprint density at radius 1 is 1.48 bits per heavy atom. The van der Waals surface area contributed by atoms with Gasteiger partial charge in [-0.1, -0.05) is 12.0 Å². The van der Waals surface area contributed by atoms with E-state index in [9.17, 15) is 5.11 Å². The minimum atomic E-state index is -0.332. The third kappa shape index (κ3) is 4.15. The molecule has 0 bridgehead atoms. The van der Waals surface area contributed by atoms with Gasteiger partial charge in [0.25, 0.3) is 0 Å². The van der Waals surface area contributed by atoms with Gasteiger partial charge in [0.2, 0.25) is 5.89 Å². The summed E-state index contributed by atoms with van der Waals surface area (Å²) >= 11 is 0. The van der Waals surface area contributed by atoms with Gasteiger partial charge in [-0.05, 0) is 40.4 Å². The maximum absolute atomic E-state index is 9.91. The SMILES string of the molecule is CCCNC(C)c1nnc(N2CC(O)CC2CN(C)C)o1. The van der Waals surface area contributed by atoms with Crippen LogP contribution in [0.25, 0.3) is 0 Å². The molecule has 21 heavy (non-hydrogen) atoms. The van der Waals surface area contributed by atoms with Crippen molar-refractivity contribution in [2.24, 2.45) is 0 Å². The summed E-state index contributed by atoms with van der Waals surface area (Å²) in [5, 5.41) is 21.5. The first-order valence-corrected chi connectivity index (χ1v) is 7.67. The van der Waals surface area contributed by atoms with Crippen LogP contribution in [-0.2, 0) is 0 Å². The molecule has 0 spiro atoms. The van der Waals surface area contributed by atoms with Crippen LogP contribution in [0.3, 0.4) is 0 Å². The first-order chi connectivity index (χ1) is 10.0. The van der Waals surface area contributed by atoms with Crippen LogP contribution in [0.4, 0.5) is 6.01 Å². The Labute approximate surface area is 126 Å². The molecule has 1 aliphatic heterocycles. The van der Waals surface area contributed by atoms with Gasteiger partial charge in [0.1, 0.15) is 0 Å². The smallest absolute Gasteiger partial charge is 0.318 e. The lowest BCUT2D eigenvalue weighted by molar-refractivity contribution is 0.191. The molecule has 0 amide bonds. The van der Waals surface area contributed by atoms with E-state index in [0.29, 0.717) is 18.5 Å². The van der Waals surface area contributed by atoms with Gasteiger partial charge in [-0.2, -0.15) is 0 Å². The van der Waals surface area contributed by atoms with Crippen molar-refractivity contribution in [2.45, 2.75) is 44.9 Å². The molecule has 7 nitrogen and oxygen atoms in total. The number of aromatic nitrogens is 2. The van der Waals surface area contributed by atoms with E-state index in [2.05, 4.69) is 27.3 Å².